The Hall–Kier alpha value is -3.48. The maximum atomic E-state index is 11.7. The number of ether oxygens (including phenoxy) is 1. The molecule has 2 heterocycles. The van der Waals surface area contributed by atoms with E-state index in [0.717, 1.165) is 11.6 Å². The molecule has 1 aromatic carbocycles. The lowest BCUT2D eigenvalue weighted by Crippen LogP contribution is -2.30. The number of carbonyl (C=O) groups is 3. The predicted molar refractivity (Wildman–Crippen MR) is 91.2 cm³/mol. The first-order chi connectivity index (χ1) is 12.3. The van der Waals surface area contributed by atoms with Crippen molar-refractivity contribution in [2.45, 2.75) is 18.9 Å². The van der Waals surface area contributed by atoms with E-state index in [1.54, 1.807) is 55.7 Å². The summed E-state index contributed by atoms with van der Waals surface area (Å²) < 4.78 is 5.22. The molecule has 134 valence electrons. The number of carbonyl (C=O) groups excluding carboxylic acids is 1. The van der Waals surface area contributed by atoms with Crippen molar-refractivity contribution < 1.29 is 29.3 Å². The summed E-state index contributed by atoms with van der Waals surface area (Å²) in [5, 5.41) is 17.1. The second kappa shape index (κ2) is 8.06. The standard InChI is InChI=1S/C12H10O4.C7H7NO2/c1-12(8-5-3-2-4-6-8)10(13)7-9(16-12)11(14)15;9-7(10)4-6-2-1-3-8-5-6/h2-7H,1H3,(H,14,15);1-3,5H,4H2,(H,9,10). The van der Waals surface area contributed by atoms with Gasteiger partial charge in [0.05, 0.1) is 6.42 Å². The Bertz CT molecular complexity index is 832. The minimum atomic E-state index is -1.23. The summed E-state index contributed by atoms with van der Waals surface area (Å²) in [5.41, 5.74) is 0.164. The Balaban J connectivity index is 0.000000209. The van der Waals surface area contributed by atoms with E-state index in [-0.39, 0.29) is 18.0 Å². The Labute approximate surface area is 149 Å². The third-order valence-corrected chi connectivity index (χ3v) is 3.66. The van der Waals surface area contributed by atoms with Crippen molar-refractivity contribution in [1.82, 2.24) is 4.98 Å². The van der Waals surface area contributed by atoms with Crippen LogP contribution in [0.1, 0.15) is 18.1 Å². The zero-order valence-electron chi connectivity index (χ0n) is 14.0. The van der Waals surface area contributed by atoms with Gasteiger partial charge in [0.1, 0.15) is 0 Å². The molecule has 0 saturated heterocycles. The van der Waals surface area contributed by atoms with Crippen LogP contribution >= 0.6 is 0 Å². The van der Waals surface area contributed by atoms with Crippen LogP contribution in [0, 0.1) is 0 Å². The van der Waals surface area contributed by atoms with Crippen LogP contribution in [-0.2, 0) is 31.1 Å². The first-order valence-corrected chi connectivity index (χ1v) is 7.67. The molecule has 0 saturated carbocycles. The van der Waals surface area contributed by atoms with Gasteiger partial charge in [-0.3, -0.25) is 14.6 Å². The fraction of sp³-hybridized carbons (Fsp3) is 0.158. The number of carboxylic acid groups (broad SMARTS) is 2. The smallest absolute Gasteiger partial charge is 0.371 e. The summed E-state index contributed by atoms with van der Waals surface area (Å²) >= 11 is 0. The van der Waals surface area contributed by atoms with Crippen LogP contribution < -0.4 is 0 Å². The van der Waals surface area contributed by atoms with E-state index in [1.165, 1.54) is 0 Å². The number of nitrogens with zero attached hydrogens (tertiary/aromatic N) is 1. The van der Waals surface area contributed by atoms with Gasteiger partial charge in [-0.05, 0) is 18.6 Å². The summed E-state index contributed by atoms with van der Waals surface area (Å²) in [6, 6.07) is 12.3. The van der Waals surface area contributed by atoms with E-state index < -0.39 is 17.5 Å². The van der Waals surface area contributed by atoms with Crippen LogP contribution in [0.5, 0.6) is 0 Å². The zero-order valence-corrected chi connectivity index (χ0v) is 14.0. The minimum absolute atomic E-state index is 0.0494. The molecule has 1 aliphatic rings. The molecule has 1 unspecified atom stereocenters. The molecule has 1 aliphatic heterocycles. The van der Waals surface area contributed by atoms with Gasteiger partial charge in [-0.25, -0.2) is 4.79 Å². The molecular formula is C19H17NO6. The first-order valence-electron chi connectivity index (χ1n) is 7.67. The highest BCUT2D eigenvalue weighted by Gasteiger charge is 2.43. The molecule has 26 heavy (non-hydrogen) atoms. The third kappa shape index (κ3) is 4.54. The lowest BCUT2D eigenvalue weighted by atomic mass is 9.92. The molecule has 2 aromatic rings. The van der Waals surface area contributed by atoms with Crippen molar-refractivity contribution in [1.29, 1.82) is 0 Å². The summed E-state index contributed by atoms with van der Waals surface area (Å²) in [4.78, 5) is 36.4. The fourth-order valence-corrected chi connectivity index (χ4v) is 2.30. The molecule has 7 heteroatoms. The number of hydrogen-bond acceptors (Lipinski definition) is 5. The second-order valence-electron chi connectivity index (χ2n) is 5.61. The van der Waals surface area contributed by atoms with E-state index >= 15 is 0 Å². The van der Waals surface area contributed by atoms with Crippen molar-refractivity contribution in [2.75, 3.05) is 0 Å². The van der Waals surface area contributed by atoms with E-state index in [1.807, 2.05) is 6.07 Å². The van der Waals surface area contributed by atoms with Crippen molar-refractivity contribution in [3.05, 3.63) is 77.8 Å². The Kier molecular flexibility index (Phi) is 5.85. The van der Waals surface area contributed by atoms with Crippen LogP contribution in [0.4, 0.5) is 0 Å². The number of carboxylic acids is 2. The fourth-order valence-electron chi connectivity index (χ4n) is 2.30. The Morgan fingerprint density at radius 3 is 2.31 bits per heavy atom. The lowest BCUT2D eigenvalue weighted by Gasteiger charge is -2.23. The highest BCUT2D eigenvalue weighted by Crippen LogP contribution is 2.34. The first kappa shape index (κ1) is 18.9. The van der Waals surface area contributed by atoms with Crippen LogP contribution in [0.15, 0.2) is 66.7 Å². The second-order valence-corrected chi connectivity index (χ2v) is 5.61. The number of ketones is 1. The van der Waals surface area contributed by atoms with Crippen molar-refractivity contribution >= 4 is 17.7 Å². The number of rotatable bonds is 4. The van der Waals surface area contributed by atoms with E-state index in [2.05, 4.69) is 4.98 Å². The maximum absolute atomic E-state index is 11.7. The maximum Gasteiger partial charge on any atom is 0.371 e. The SMILES string of the molecule is CC1(c2ccccc2)OC(C(=O)O)=CC1=O.O=C(O)Cc1cccnc1. The number of aromatic nitrogens is 1. The molecule has 1 atom stereocenters. The molecule has 3 rings (SSSR count). The lowest BCUT2D eigenvalue weighted by molar-refractivity contribution is -0.141. The van der Waals surface area contributed by atoms with Crippen LogP contribution in [-0.4, -0.2) is 32.9 Å². The van der Waals surface area contributed by atoms with Gasteiger partial charge in [0.25, 0.3) is 0 Å². The molecule has 0 bridgehead atoms. The van der Waals surface area contributed by atoms with Crippen LogP contribution in [0.2, 0.25) is 0 Å². The topological polar surface area (TPSA) is 114 Å². The molecule has 1 aromatic heterocycles. The van der Waals surface area contributed by atoms with Gasteiger partial charge < -0.3 is 14.9 Å². The molecule has 0 fully saturated rings. The Morgan fingerprint density at radius 2 is 1.81 bits per heavy atom. The number of benzene rings is 1. The largest absolute Gasteiger partial charge is 0.481 e. The minimum Gasteiger partial charge on any atom is -0.481 e. The quantitative estimate of drug-likeness (QED) is 0.864. The highest BCUT2D eigenvalue weighted by molar-refractivity contribution is 6.05. The Morgan fingerprint density at radius 1 is 1.12 bits per heavy atom. The average Bonchev–Trinajstić information content (AvgIpc) is 2.93. The van der Waals surface area contributed by atoms with E-state index in [4.69, 9.17) is 14.9 Å². The summed E-state index contributed by atoms with van der Waals surface area (Å²) in [6.45, 7) is 1.57. The van der Waals surface area contributed by atoms with Gasteiger partial charge in [-0.1, -0.05) is 36.4 Å². The molecular weight excluding hydrogens is 338 g/mol. The zero-order chi connectivity index (χ0) is 19.2. The van der Waals surface area contributed by atoms with Crippen LogP contribution in [0.3, 0.4) is 0 Å². The summed E-state index contributed by atoms with van der Waals surface area (Å²) in [6.07, 6.45) is 4.24. The number of pyridine rings is 1. The van der Waals surface area contributed by atoms with Gasteiger partial charge in [0.15, 0.2) is 5.60 Å². The van der Waals surface area contributed by atoms with Gasteiger partial charge >= 0.3 is 11.9 Å². The predicted octanol–water partition coefficient (Wildman–Crippen LogP) is 2.18. The monoisotopic (exact) mass is 355 g/mol. The molecule has 0 spiro atoms. The molecule has 0 radical (unpaired) electrons. The summed E-state index contributed by atoms with van der Waals surface area (Å²) in [7, 11) is 0. The highest BCUT2D eigenvalue weighted by atomic mass is 16.5. The molecule has 0 amide bonds. The molecule has 0 aliphatic carbocycles. The number of hydrogen-bond donors (Lipinski definition) is 2. The molecule has 7 nitrogen and oxygen atoms in total. The number of aliphatic carboxylic acids is 2. The van der Waals surface area contributed by atoms with Crippen LogP contribution in [0.25, 0.3) is 0 Å². The summed E-state index contributed by atoms with van der Waals surface area (Å²) in [5.74, 6) is -2.71. The molecule has 2 N–H and O–H groups in total. The van der Waals surface area contributed by atoms with Gasteiger partial charge in [-0.15, -0.1) is 0 Å². The van der Waals surface area contributed by atoms with Crippen molar-refractivity contribution in [3.63, 3.8) is 0 Å². The van der Waals surface area contributed by atoms with Crippen molar-refractivity contribution in [2.24, 2.45) is 0 Å². The normalized spacial score (nSPS) is 18.2. The van der Waals surface area contributed by atoms with Crippen molar-refractivity contribution in [3.8, 4) is 0 Å². The third-order valence-electron chi connectivity index (χ3n) is 3.66. The van der Waals surface area contributed by atoms with Gasteiger partial charge in [0, 0.05) is 24.0 Å². The van der Waals surface area contributed by atoms with Gasteiger partial charge in [-0.2, -0.15) is 0 Å². The van der Waals surface area contributed by atoms with Gasteiger partial charge in [0.2, 0.25) is 11.5 Å². The van der Waals surface area contributed by atoms with E-state index in [9.17, 15) is 14.4 Å². The van der Waals surface area contributed by atoms with E-state index in [0.29, 0.717) is 5.56 Å². The average molecular weight is 355 g/mol.